The van der Waals surface area contributed by atoms with E-state index in [0.29, 0.717) is 43.0 Å². The molecule has 4 N–H and O–H groups in total. The van der Waals surface area contributed by atoms with Crippen LogP contribution in [0.25, 0.3) is 42.7 Å². The lowest BCUT2D eigenvalue weighted by atomic mass is 9.95. The number of pyridine rings is 2. The van der Waals surface area contributed by atoms with Crippen LogP contribution in [0.4, 0.5) is 11.6 Å². The van der Waals surface area contributed by atoms with Gasteiger partial charge < -0.3 is 11.5 Å². The Morgan fingerprint density at radius 3 is 2.12 bits per heavy atom. The van der Waals surface area contributed by atoms with Gasteiger partial charge in [-0.2, -0.15) is 10.5 Å². The van der Waals surface area contributed by atoms with E-state index < -0.39 is 0 Å². The number of nitriles is 2. The van der Waals surface area contributed by atoms with Crippen molar-refractivity contribution in [3.05, 3.63) is 70.7 Å². The molecule has 2 aromatic carbocycles. The summed E-state index contributed by atoms with van der Waals surface area (Å²) in [4.78, 5) is 9.65. The molecule has 8 heteroatoms. The third-order valence-electron chi connectivity index (χ3n) is 5.24. The van der Waals surface area contributed by atoms with E-state index in [2.05, 4.69) is 22.1 Å². The average Bonchev–Trinajstić information content (AvgIpc) is 3.15. The van der Waals surface area contributed by atoms with Crippen LogP contribution in [0.3, 0.4) is 0 Å². The van der Waals surface area contributed by atoms with Gasteiger partial charge in [-0.3, -0.25) is 0 Å². The quantitative estimate of drug-likeness (QED) is 0.351. The molecule has 0 aliphatic rings. The molecule has 3 aromatic heterocycles. The van der Waals surface area contributed by atoms with Crippen LogP contribution in [0, 0.1) is 22.7 Å². The summed E-state index contributed by atoms with van der Waals surface area (Å²) in [6.07, 6.45) is 0. The van der Waals surface area contributed by atoms with E-state index in [9.17, 15) is 10.5 Å². The fourth-order valence-corrected chi connectivity index (χ4v) is 5.30. The van der Waals surface area contributed by atoms with Gasteiger partial charge in [0.1, 0.15) is 39.7 Å². The van der Waals surface area contributed by atoms with Gasteiger partial charge in [0, 0.05) is 27.1 Å². The summed E-state index contributed by atoms with van der Waals surface area (Å²) in [6.45, 7) is 0. The van der Waals surface area contributed by atoms with Gasteiger partial charge in [0.2, 0.25) is 0 Å². The van der Waals surface area contributed by atoms with Crippen molar-refractivity contribution >= 4 is 55.0 Å². The highest BCUT2D eigenvalue weighted by Crippen LogP contribution is 2.47. The maximum atomic E-state index is 9.89. The lowest BCUT2D eigenvalue weighted by Crippen LogP contribution is -2.00. The molecule has 0 aliphatic carbocycles. The number of nitrogens with two attached hydrogens (primary N) is 2. The molecule has 0 saturated heterocycles. The number of nitrogen functional groups attached to an aromatic ring is 2. The number of nitrogens with zero attached hydrogens (tertiary/aromatic N) is 4. The fraction of sp³-hybridized carbons (Fsp3) is 0. The smallest absolute Gasteiger partial charge is 0.143 e. The summed E-state index contributed by atoms with van der Waals surface area (Å²) in [5, 5.41) is 20.8. The molecule has 5 aromatic rings. The minimum Gasteiger partial charge on any atom is -0.383 e. The van der Waals surface area contributed by atoms with Gasteiger partial charge in [-0.15, -0.1) is 11.3 Å². The van der Waals surface area contributed by atoms with E-state index in [1.807, 2.05) is 48.5 Å². The van der Waals surface area contributed by atoms with E-state index in [1.165, 1.54) is 11.3 Å². The Kier molecular flexibility index (Phi) is 4.64. The van der Waals surface area contributed by atoms with E-state index >= 15 is 0 Å². The number of thiophene rings is 1. The predicted molar refractivity (Wildman–Crippen MR) is 129 cm³/mol. The van der Waals surface area contributed by atoms with Gasteiger partial charge in [0.25, 0.3) is 0 Å². The predicted octanol–water partition coefficient (Wildman–Crippen LogP) is 5.74. The second-order valence-electron chi connectivity index (χ2n) is 7.02. The van der Waals surface area contributed by atoms with Crippen LogP contribution >= 0.6 is 22.9 Å². The highest BCUT2D eigenvalue weighted by atomic mass is 35.5. The first kappa shape index (κ1) is 19.8. The van der Waals surface area contributed by atoms with Crippen LogP contribution < -0.4 is 11.5 Å². The molecular weight excluding hydrogens is 440 g/mol. The van der Waals surface area contributed by atoms with Crippen molar-refractivity contribution in [3.63, 3.8) is 0 Å². The Hall–Kier alpha value is -4.17. The van der Waals surface area contributed by atoms with Gasteiger partial charge in [0.15, 0.2) is 0 Å². The van der Waals surface area contributed by atoms with Gasteiger partial charge in [-0.05, 0) is 11.6 Å². The molecule has 0 spiro atoms. The molecule has 0 aliphatic heterocycles. The Balaban J connectivity index is 2.04. The summed E-state index contributed by atoms with van der Waals surface area (Å²) in [5.74, 6) is 0.218. The lowest BCUT2D eigenvalue weighted by Gasteiger charge is -2.11. The van der Waals surface area contributed by atoms with E-state index in [4.69, 9.17) is 23.1 Å². The Labute approximate surface area is 191 Å². The molecule has 0 bridgehead atoms. The van der Waals surface area contributed by atoms with E-state index in [0.717, 1.165) is 10.3 Å². The van der Waals surface area contributed by atoms with Crippen LogP contribution in [0.15, 0.2) is 54.6 Å². The molecule has 0 radical (unpaired) electrons. The Morgan fingerprint density at radius 2 is 1.44 bits per heavy atom. The number of fused-ring (bicyclic) bond motifs is 3. The van der Waals surface area contributed by atoms with Crippen molar-refractivity contribution in [3.8, 4) is 34.4 Å². The third-order valence-corrected chi connectivity index (χ3v) is 6.66. The van der Waals surface area contributed by atoms with Crippen molar-refractivity contribution in [2.45, 2.75) is 0 Å². The highest BCUT2D eigenvalue weighted by Gasteiger charge is 2.25. The van der Waals surface area contributed by atoms with Crippen molar-refractivity contribution < 1.29 is 0 Å². The number of benzene rings is 2. The minimum absolute atomic E-state index is 0.108. The molecule has 0 amide bonds. The van der Waals surface area contributed by atoms with Gasteiger partial charge in [-0.1, -0.05) is 60.1 Å². The molecule has 0 atom stereocenters. The molecule has 5 rings (SSSR count). The zero-order valence-electron chi connectivity index (χ0n) is 16.4. The zero-order valence-corrected chi connectivity index (χ0v) is 18.0. The van der Waals surface area contributed by atoms with Crippen LogP contribution in [0.2, 0.25) is 5.02 Å². The molecule has 0 saturated carbocycles. The number of halogens is 1. The first-order chi connectivity index (χ1) is 15.5. The summed E-state index contributed by atoms with van der Waals surface area (Å²) in [7, 11) is 0. The molecule has 3 heterocycles. The number of rotatable bonds is 2. The maximum Gasteiger partial charge on any atom is 0.143 e. The number of hydrogen-bond acceptors (Lipinski definition) is 7. The van der Waals surface area contributed by atoms with Crippen molar-refractivity contribution in [2.75, 3.05) is 11.5 Å². The van der Waals surface area contributed by atoms with Crippen LogP contribution in [-0.4, -0.2) is 9.97 Å². The first-order valence-electron chi connectivity index (χ1n) is 9.50. The summed E-state index contributed by atoms with van der Waals surface area (Å²) < 4.78 is 0.743. The first-order valence-corrected chi connectivity index (χ1v) is 10.7. The normalized spacial score (nSPS) is 10.8. The largest absolute Gasteiger partial charge is 0.383 e. The topological polar surface area (TPSA) is 125 Å². The molecule has 152 valence electrons. The minimum atomic E-state index is 0.108. The molecule has 6 nitrogen and oxygen atoms in total. The van der Waals surface area contributed by atoms with Crippen LogP contribution in [-0.2, 0) is 0 Å². The van der Waals surface area contributed by atoms with E-state index in [1.54, 1.807) is 6.07 Å². The lowest BCUT2D eigenvalue weighted by molar-refractivity contribution is 1.38. The monoisotopic (exact) mass is 452 g/mol. The van der Waals surface area contributed by atoms with Crippen molar-refractivity contribution in [1.29, 1.82) is 10.5 Å². The van der Waals surface area contributed by atoms with Gasteiger partial charge >= 0.3 is 0 Å². The van der Waals surface area contributed by atoms with E-state index in [-0.39, 0.29) is 17.2 Å². The molecular formula is C24H13ClN6S. The number of aromatic nitrogens is 2. The SMILES string of the molecule is N#Cc1c(N)nc2c(sc3nc(N)c(C#N)c(-c4ccccc4Cl)c32)c1-c1ccccc1. The molecule has 0 unspecified atom stereocenters. The maximum absolute atomic E-state index is 9.89. The molecule has 32 heavy (non-hydrogen) atoms. The van der Waals surface area contributed by atoms with Crippen LogP contribution in [0.1, 0.15) is 11.1 Å². The summed E-state index contributed by atoms with van der Waals surface area (Å²) >= 11 is 7.87. The molecule has 0 fully saturated rings. The average molecular weight is 453 g/mol. The van der Waals surface area contributed by atoms with Gasteiger partial charge in [-0.25, -0.2) is 9.97 Å². The second-order valence-corrected chi connectivity index (χ2v) is 8.43. The fourth-order valence-electron chi connectivity index (χ4n) is 3.87. The second kappa shape index (κ2) is 7.51. The Morgan fingerprint density at radius 1 is 0.812 bits per heavy atom. The van der Waals surface area contributed by atoms with Crippen molar-refractivity contribution in [2.24, 2.45) is 0 Å². The van der Waals surface area contributed by atoms with Gasteiger partial charge in [0.05, 0.1) is 10.2 Å². The third kappa shape index (κ3) is 2.84. The van der Waals surface area contributed by atoms with Crippen LogP contribution in [0.5, 0.6) is 0 Å². The highest BCUT2D eigenvalue weighted by molar-refractivity contribution is 7.26. The number of anilines is 2. The Bertz CT molecular complexity index is 1630. The summed E-state index contributed by atoms with van der Waals surface area (Å²) in [6, 6.07) is 21.1. The zero-order chi connectivity index (χ0) is 22.4. The number of hydrogen-bond donors (Lipinski definition) is 2. The van der Waals surface area contributed by atoms with Crippen molar-refractivity contribution in [1.82, 2.24) is 9.97 Å². The summed E-state index contributed by atoms with van der Waals surface area (Å²) in [5.41, 5.74) is 16.2. The standard InChI is InChI=1S/C24H13ClN6S/c25-16-9-5-4-8-13(16)18-15(11-27)23(29)31-24-19(18)20-21(32-24)17(12-6-2-1-3-7-12)14(10-26)22(28)30-20/h1-9H,(H2,28,30)(H2,29,31).